The van der Waals surface area contributed by atoms with Crippen LogP contribution in [0.25, 0.3) is 0 Å². The van der Waals surface area contributed by atoms with E-state index >= 15 is 0 Å². The number of hydrogen-bond donors (Lipinski definition) is 2. The number of aromatic nitrogens is 2. The molecule has 6 nitrogen and oxygen atoms in total. The Morgan fingerprint density at radius 2 is 2.23 bits per heavy atom. The number of carbonyl (C=O) groups excluding carboxylic acids is 1. The van der Waals surface area contributed by atoms with Crippen molar-refractivity contribution in [2.24, 2.45) is 0 Å². The number of carbonyl (C=O) groups is 1. The molecule has 0 aliphatic rings. The summed E-state index contributed by atoms with van der Waals surface area (Å²) in [5.74, 6) is 0.677. The topological polar surface area (TPSA) is 90.7 Å². The summed E-state index contributed by atoms with van der Waals surface area (Å²) in [7, 11) is 0. The standard InChI is InChI=1S/C16H15N5O/c1-3-7-18-16(22)14-9-15(20-11(2)19-14)21-13-6-4-5-12(8-13)10-17/h3-6,8-9H,1,7H2,2H3,(H,18,22)(H,19,20,21). The van der Waals surface area contributed by atoms with Crippen molar-refractivity contribution < 1.29 is 4.79 Å². The Morgan fingerprint density at radius 3 is 2.95 bits per heavy atom. The summed E-state index contributed by atoms with van der Waals surface area (Å²) in [6.07, 6.45) is 1.60. The van der Waals surface area contributed by atoms with E-state index in [0.29, 0.717) is 23.8 Å². The number of benzene rings is 1. The Kier molecular flexibility index (Phi) is 4.83. The average Bonchev–Trinajstić information content (AvgIpc) is 2.52. The highest BCUT2D eigenvalue weighted by Crippen LogP contribution is 2.16. The third-order valence-electron chi connectivity index (χ3n) is 2.74. The third kappa shape index (κ3) is 3.90. The van der Waals surface area contributed by atoms with Gasteiger partial charge < -0.3 is 10.6 Å². The Hall–Kier alpha value is -3.20. The molecule has 22 heavy (non-hydrogen) atoms. The summed E-state index contributed by atoms with van der Waals surface area (Å²) in [5, 5.41) is 14.6. The minimum Gasteiger partial charge on any atom is -0.347 e. The zero-order valence-electron chi connectivity index (χ0n) is 12.1. The van der Waals surface area contributed by atoms with Crippen molar-refractivity contribution in [2.75, 3.05) is 11.9 Å². The van der Waals surface area contributed by atoms with Crippen LogP contribution in [0.1, 0.15) is 21.9 Å². The first-order valence-corrected chi connectivity index (χ1v) is 6.64. The lowest BCUT2D eigenvalue weighted by Crippen LogP contribution is -2.24. The van der Waals surface area contributed by atoms with Gasteiger partial charge in [-0.25, -0.2) is 9.97 Å². The maximum atomic E-state index is 11.9. The van der Waals surface area contributed by atoms with Crippen molar-refractivity contribution >= 4 is 17.4 Å². The normalized spacial score (nSPS) is 9.64. The van der Waals surface area contributed by atoms with Crippen LogP contribution in [0.5, 0.6) is 0 Å². The van der Waals surface area contributed by atoms with Gasteiger partial charge in [0.15, 0.2) is 0 Å². The Labute approximate surface area is 128 Å². The van der Waals surface area contributed by atoms with Crippen LogP contribution in [-0.4, -0.2) is 22.4 Å². The fourth-order valence-electron chi connectivity index (χ4n) is 1.82. The molecule has 1 amide bonds. The van der Waals surface area contributed by atoms with E-state index in [9.17, 15) is 4.79 Å². The summed E-state index contributed by atoms with van der Waals surface area (Å²) in [4.78, 5) is 20.3. The van der Waals surface area contributed by atoms with Gasteiger partial charge in [0, 0.05) is 18.3 Å². The predicted octanol–water partition coefficient (Wildman–Crippen LogP) is 2.32. The Morgan fingerprint density at radius 1 is 1.41 bits per heavy atom. The molecule has 1 aromatic carbocycles. The highest BCUT2D eigenvalue weighted by atomic mass is 16.1. The van der Waals surface area contributed by atoms with Crippen molar-refractivity contribution in [1.82, 2.24) is 15.3 Å². The minimum atomic E-state index is -0.292. The van der Waals surface area contributed by atoms with Gasteiger partial charge in [0.2, 0.25) is 0 Å². The molecule has 2 N–H and O–H groups in total. The highest BCUT2D eigenvalue weighted by Gasteiger charge is 2.10. The van der Waals surface area contributed by atoms with Gasteiger partial charge in [-0.15, -0.1) is 6.58 Å². The van der Waals surface area contributed by atoms with E-state index in [2.05, 4.69) is 33.2 Å². The van der Waals surface area contributed by atoms with Crippen molar-refractivity contribution in [1.29, 1.82) is 5.26 Å². The number of nitrogens with zero attached hydrogens (tertiary/aromatic N) is 3. The van der Waals surface area contributed by atoms with E-state index in [1.165, 1.54) is 0 Å². The summed E-state index contributed by atoms with van der Waals surface area (Å²) in [6, 6.07) is 10.6. The predicted molar refractivity (Wildman–Crippen MR) is 83.7 cm³/mol. The van der Waals surface area contributed by atoms with E-state index in [-0.39, 0.29) is 11.6 Å². The average molecular weight is 293 g/mol. The second-order valence-corrected chi connectivity index (χ2v) is 4.50. The molecule has 0 bridgehead atoms. The molecular weight excluding hydrogens is 278 g/mol. The molecule has 1 heterocycles. The molecule has 110 valence electrons. The van der Waals surface area contributed by atoms with E-state index in [1.807, 2.05) is 6.07 Å². The Balaban J connectivity index is 2.24. The molecule has 6 heteroatoms. The first-order valence-electron chi connectivity index (χ1n) is 6.64. The lowest BCUT2D eigenvalue weighted by Gasteiger charge is -2.09. The number of nitrogens with one attached hydrogen (secondary N) is 2. The lowest BCUT2D eigenvalue weighted by atomic mass is 10.2. The molecule has 2 aromatic rings. The molecule has 0 fully saturated rings. The van der Waals surface area contributed by atoms with Crippen LogP contribution < -0.4 is 10.6 Å². The number of aryl methyl sites for hydroxylation is 1. The van der Waals surface area contributed by atoms with Crippen LogP contribution in [0.4, 0.5) is 11.5 Å². The van der Waals surface area contributed by atoms with Crippen LogP contribution in [0, 0.1) is 18.3 Å². The van der Waals surface area contributed by atoms with Crippen molar-refractivity contribution in [3.05, 3.63) is 60.1 Å². The number of nitriles is 1. The van der Waals surface area contributed by atoms with Crippen molar-refractivity contribution in [3.63, 3.8) is 0 Å². The van der Waals surface area contributed by atoms with Gasteiger partial charge in [-0.3, -0.25) is 4.79 Å². The van der Waals surface area contributed by atoms with Crippen molar-refractivity contribution in [3.8, 4) is 6.07 Å². The van der Waals surface area contributed by atoms with Crippen LogP contribution in [0.3, 0.4) is 0 Å². The summed E-state index contributed by atoms with van der Waals surface area (Å²) in [5.41, 5.74) is 1.53. The first-order chi connectivity index (χ1) is 10.6. The zero-order valence-corrected chi connectivity index (χ0v) is 12.1. The minimum absolute atomic E-state index is 0.272. The van der Waals surface area contributed by atoms with Gasteiger partial charge in [-0.05, 0) is 25.1 Å². The molecule has 0 saturated heterocycles. The molecule has 0 spiro atoms. The van der Waals surface area contributed by atoms with E-state index in [0.717, 1.165) is 5.69 Å². The molecule has 0 aliphatic carbocycles. The van der Waals surface area contributed by atoms with Gasteiger partial charge in [0.1, 0.15) is 17.3 Å². The monoisotopic (exact) mass is 293 g/mol. The fraction of sp³-hybridized carbons (Fsp3) is 0.125. The number of anilines is 2. The lowest BCUT2D eigenvalue weighted by molar-refractivity contribution is 0.0952. The van der Waals surface area contributed by atoms with Crippen LogP contribution in [0.15, 0.2) is 43.0 Å². The largest absolute Gasteiger partial charge is 0.347 e. The van der Waals surface area contributed by atoms with Gasteiger partial charge in [-0.2, -0.15) is 5.26 Å². The van der Waals surface area contributed by atoms with E-state index < -0.39 is 0 Å². The summed E-state index contributed by atoms with van der Waals surface area (Å²) >= 11 is 0. The quantitative estimate of drug-likeness (QED) is 0.825. The molecule has 1 aromatic heterocycles. The molecule has 0 aliphatic heterocycles. The molecule has 0 saturated carbocycles. The molecule has 0 unspecified atom stereocenters. The second kappa shape index (κ2) is 6.99. The van der Waals surface area contributed by atoms with Crippen LogP contribution >= 0.6 is 0 Å². The third-order valence-corrected chi connectivity index (χ3v) is 2.74. The molecular formula is C16H15N5O. The molecule has 0 radical (unpaired) electrons. The maximum absolute atomic E-state index is 11.9. The summed E-state index contributed by atoms with van der Waals surface area (Å²) in [6.45, 7) is 5.63. The molecule has 0 atom stereocenters. The van der Waals surface area contributed by atoms with Gasteiger partial charge >= 0.3 is 0 Å². The molecule has 2 rings (SSSR count). The number of rotatable bonds is 5. The highest BCUT2D eigenvalue weighted by molar-refractivity contribution is 5.93. The maximum Gasteiger partial charge on any atom is 0.270 e. The van der Waals surface area contributed by atoms with Crippen molar-refractivity contribution in [2.45, 2.75) is 6.92 Å². The fourth-order valence-corrected chi connectivity index (χ4v) is 1.82. The van der Waals surface area contributed by atoms with Gasteiger partial charge in [0.25, 0.3) is 5.91 Å². The number of hydrogen-bond acceptors (Lipinski definition) is 5. The van der Waals surface area contributed by atoms with Crippen LogP contribution in [-0.2, 0) is 0 Å². The number of amides is 1. The van der Waals surface area contributed by atoms with Gasteiger partial charge in [-0.1, -0.05) is 12.1 Å². The smallest absolute Gasteiger partial charge is 0.270 e. The summed E-state index contributed by atoms with van der Waals surface area (Å²) < 4.78 is 0. The first kappa shape index (κ1) is 15.2. The van der Waals surface area contributed by atoms with E-state index in [1.54, 1.807) is 37.3 Å². The van der Waals surface area contributed by atoms with E-state index in [4.69, 9.17) is 5.26 Å². The Bertz CT molecular complexity index is 748. The zero-order chi connectivity index (χ0) is 15.9. The van der Waals surface area contributed by atoms with Crippen LogP contribution in [0.2, 0.25) is 0 Å². The SMILES string of the molecule is C=CCNC(=O)c1cc(Nc2cccc(C#N)c2)nc(C)n1. The van der Waals surface area contributed by atoms with Gasteiger partial charge in [0.05, 0.1) is 11.6 Å². The second-order valence-electron chi connectivity index (χ2n) is 4.50.